The first-order valence-corrected chi connectivity index (χ1v) is 7.52. The van der Waals surface area contributed by atoms with E-state index >= 15 is 0 Å². The standard InChI is InChI=1S/C13H15BrN2OS/c1-9(2)13-15-11(14)8-12(16-13)17-6-5-10-4-3-7-18-10/h3-4,7-9H,5-6H2,1-2H3. The SMILES string of the molecule is CC(C)c1nc(Br)cc(OCCc2cccs2)n1. The third kappa shape index (κ3) is 3.78. The highest BCUT2D eigenvalue weighted by Crippen LogP contribution is 2.19. The Bertz CT molecular complexity index is 500. The van der Waals surface area contributed by atoms with Crippen molar-refractivity contribution in [1.29, 1.82) is 0 Å². The van der Waals surface area contributed by atoms with Crippen molar-refractivity contribution in [2.24, 2.45) is 0 Å². The van der Waals surface area contributed by atoms with Gasteiger partial charge in [-0.3, -0.25) is 0 Å². The molecule has 0 aliphatic heterocycles. The van der Waals surface area contributed by atoms with Gasteiger partial charge in [-0.2, -0.15) is 4.98 Å². The molecular formula is C13H15BrN2OS. The minimum Gasteiger partial charge on any atom is -0.477 e. The molecule has 0 aromatic carbocycles. The zero-order chi connectivity index (χ0) is 13.0. The Balaban J connectivity index is 1.96. The molecule has 0 atom stereocenters. The summed E-state index contributed by atoms with van der Waals surface area (Å²) in [4.78, 5) is 10.0. The van der Waals surface area contributed by atoms with E-state index in [-0.39, 0.29) is 0 Å². The Kier molecular flexibility index (Phi) is 4.72. The fourth-order valence-electron chi connectivity index (χ4n) is 1.46. The minimum atomic E-state index is 0.294. The molecule has 0 unspecified atom stereocenters. The first kappa shape index (κ1) is 13.5. The van der Waals surface area contributed by atoms with Crippen LogP contribution >= 0.6 is 27.3 Å². The largest absolute Gasteiger partial charge is 0.477 e. The van der Waals surface area contributed by atoms with Gasteiger partial charge in [0.15, 0.2) is 0 Å². The van der Waals surface area contributed by atoms with E-state index in [0.717, 1.165) is 16.8 Å². The third-order valence-electron chi connectivity index (χ3n) is 2.38. The lowest BCUT2D eigenvalue weighted by atomic mass is 10.2. The molecule has 0 radical (unpaired) electrons. The number of halogens is 1. The van der Waals surface area contributed by atoms with Crippen LogP contribution in [0.1, 0.15) is 30.5 Å². The maximum Gasteiger partial charge on any atom is 0.217 e. The lowest BCUT2D eigenvalue weighted by molar-refractivity contribution is 0.308. The molecular weight excluding hydrogens is 312 g/mol. The van der Waals surface area contributed by atoms with Crippen molar-refractivity contribution < 1.29 is 4.74 Å². The molecule has 2 aromatic rings. The molecule has 2 rings (SSSR count). The second-order valence-corrected chi connectivity index (χ2v) is 6.06. The van der Waals surface area contributed by atoms with Crippen molar-refractivity contribution in [1.82, 2.24) is 9.97 Å². The van der Waals surface area contributed by atoms with Crippen molar-refractivity contribution in [3.8, 4) is 5.88 Å². The summed E-state index contributed by atoms with van der Waals surface area (Å²) in [5.74, 6) is 1.73. The van der Waals surface area contributed by atoms with Crippen LogP contribution in [0.4, 0.5) is 0 Å². The monoisotopic (exact) mass is 326 g/mol. The molecule has 5 heteroatoms. The smallest absolute Gasteiger partial charge is 0.217 e. The molecule has 18 heavy (non-hydrogen) atoms. The van der Waals surface area contributed by atoms with E-state index in [4.69, 9.17) is 4.74 Å². The van der Waals surface area contributed by atoms with E-state index in [9.17, 15) is 0 Å². The van der Waals surface area contributed by atoms with Gasteiger partial charge in [0, 0.05) is 23.3 Å². The fourth-order valence-corrected chi connectivity index (χ4v) is 2.52. The first-order valence-electron chi connectivity index (χ1n) is 5.85. The van der Waals surface area contributed by atoms with E-state index in [1.165, 1.54) is 4.88 Å². The summed E-state index contributed by atoms with van der Waals surface area (Å²) in [5, 5.41) is 2.08. The molecule has 3 nitrogen and oxygen atoms in total. The molecule has 2 heterocycles. The molecule has 0 amide bonds. The quantitative estimate of drug-likeness (QED) is 0.777. The molecule has 0 aliphatic carbocycles. The molecule has 0 aliphatic rings. The predicted molar refractivity (Wildman–Crippen MR) is 77.3 cm³/mol. The molecule has 0 spiro atoms. The van der Waals surface area contributed by atoms with Gasteiger partial charge in [0.25, 0.3) is 0 Å². The summed E-state index contributed by atoms with van der Waals surface area (Å²) in [7, 11) is 0. The summed E-state index contributed by atoms with van der Waals surface area (Å²) in [6, 6.07) is 5.97. The average molecular weight is 327 g/mol. The number of thiophene rings is 1. The Morgan fingerprint density at radius 1 is 1.39 bits per heavy atom. The van der Waals surface area contributed by atoms with Crippen molar-refractivity contribution in [2.75, 3.05) is 6.61 Å². The van der Waals surface area contributed by atoms with Gasteiger partial charge in [0.05, 0.1) is 6.61 Å². The van der Waals surface area contributed by atoms with Gasteiger partial charge in [0.2, 0.25) is 5.88 Å². The van der Waals surface area contributed by atoms with Crippen molar-refractivity contribution in [3.05, 3.63) is 38.9 Å². The van der Waals surface area contributed by atoms with Crippen LogP contribution in [0.2, 0.25) is 0 Å². The Labute approximate surface area is 119 Å². The van der Waals surface area contributed by atoms with Crippen molar-refractivity contribution in [2.45, 2.75) is 26.2 Å². The van der Waals surface area contributed by atoms with Gasteiger partial charge in [-0.1, -0.05) is 19.9 Å². The highest BCUT2D eigenvalue weighted by Gasteiger charge is 2.07. The lowest BCUT2D eigenvalue weighted by Gasteiger charge is -2.08. The molecule has 0 saturated carbocycles. The number of hydrogen-bond acceptors (Lipinski definition) is 4. The molecule has 0 bridgehead atoms. The second-order valence-electron chi connectivity index (χ2n) is 4.22. The Morgan fingerprint density at radius 2 is 2.22 bits per heavy atom. The van der Waals surface area contributed by atoms with Crippen molar-refractivity contribution in [3.63, 3.8) is 0 Å². The maximum atomic E-state index is 5.68. The zero-order valence-electron chi connectivity index (χ0n) is 10.4. The van der Waals surface area contributed by atoms with Crippen LogP contribution in [0.3, 0.4) is 0 Å². The highest BCUT2D eigenvalue weighted by molar-refractivity contribution is 9.10. The lowest BCUT2D eigenvalue weighted by Crippen LogP contribution is -2.05. The molecule has 96 valence electrons. The van der Waals surface area contributed by atoms with Gasteiger partial charge in [-0.05, 0) is 27.4 Å². The van der Waals surface area contributed by atoms with Crippen LogP contribution in [-0.2, 0) is 6.42 Å². The van der Waals surface area contributed by atoms with E-state index in [0.29, 0.717) is 18.4 Å². The molecule has 0 saturated heterocycles. The van der Waals surface area contributed by atoms with E-state index < -0.39 is 0 Å². The number of hydrogen-bond donors (Lipinski definition) is 0. The van der Waals surface area contributed by atoms with Crippen LogP contribution in [0.25, 0.3) is 0 Å². The first-order chi connectivity index (χ1) is 8.65. The highest BCUT2D eigenvalue weighted by atomic mass is 79.9. The summed E-state index contributed by atoms with van der Waals surface area (Å²) < 4.78 is 6.45. The predicted octanol–water partition coefficient (Wildman–Crippen LogP) is 4.05. The normalized spacial score (nSPS) is 10.9. The van der Waals surface area contributed by atoms with E-state index in [1.54, 1.807) is 17.4 Å². The number of nitrogens with zero attached hydrogens (tertiary/aromatic N) is 2. The van der Waals surface area contributed by atoms with E-state index in [2.05, 4.69) is 57.3 Å². The average Bonchev–Trinajstić information content (AvgIpc) is 2.81. The summed E-state index contributed by atoms with van der Waals surface area (Å²) in [5.41, 5.74) is 0. The van der Waals surface area contributed by atoms with Crippen LogP contribution in [0.15, 0.2) is 28.2 Å². The minimum absolute atomic E-state index is 0.294. The van der Waals surface area contributed by atoms with E-state index in [1.807, 2.05) is 0 Å². The van der Waals surface area contributed by atoms with Crippen LogP contribution in [0.5, 0.6) is 5.88 Å². The summed E-state index contributed by atoms with van der Waals surface area (Å²) >= 11 is 5.13. The van der Waals surface area contributed by atoms with Gasteiger partial charge in [-0.25, -0.2) is 4.98 Å². The van der Waals surface area contributed by atoms with Crippen LogP contribution < -0.4 is 4.74 Å². The van der Waals surface area contributed by atoms with Gasteiger partial charge in [0.1, 0.15) is 10.4 Å². The van der Waals surface area contributed by atoms with Crippen LogP contribution in [0, 0.1) is 0 Å². The van der Waals surface area contributed by atoms with Crippen molar-refractivity contribution >= 4 is 27.3 Å². The molecule has 2 aromatic heterocycles. The summed E-state index contributed by atoms with van der Waals surface area (Å²) in [6.45, 7) is 4.77. The van der Waals surface area contributed by atoms with Gasteiger partial charge in [-0.15, -0.1) is 11.3 Å². The van der Waals surface area contributed by atoms with Gasteiger partial charge >= 0.3 is 0 Å². The third-order valence-corrected chi connectivity index (χ3v) is 3.73. The molecule has 0 fully saturated rings. The zero-order valence-corrected chi connectivity index (χ0v) is 12.8. The number of ether oxygens (including phenoxy) is 1. The number of aromatic nitrogens is 2. The second kappa shape index (κ2) is 6.29. The van der Waals surface area contributed by atoms with Gasteiger partial charge < -0.3 is 4.74 Å². The van der Waals surface area contributed by atoms with Crippen LogP contribution in [-0.4, -0.2) is 16.6 Å². The fraction of sp³-hybridized carbons (Fsp3) is 0.385. The maximum absolute atomic E-state index is 5.68. The number of rotatable bonds is 5. The Morgan fingerprint density at radius 3 is 2.89 bits per heavy atom. The molecule has 0 N–H and O–H groups in total. The topological polar surface area (TPSA) is 35.0 Å². The summed E-state index contributed by atoms with van der Waals surface area (Å²) in [6.07, 6.45) is 0.913. The Hall–Kier alpha value is -0.940.